The van der Waals surface area contributed by atoms with Crippen molar-refractivity contribution < 1.29 is 4.74 Å². The fourth-order valence-corrected chi connectivity index (χ4v) is 4.36. The molecule has 0 aromatic heterocycles. The predicted molar refractivity (Wildman–Crippen MR) is 75.7 cm³/mol. The third kappa shape index (κ3) is 2.73. The Morgan fingerprint density at radius 1 is 1.17 bits per heavy atom. The van der Waals surface area contributed by atoms with E-state index in [1.54, 1.807) is 0 Å². The number of nitrogens with two attached hydrogens (primary N) is 1. The minimum absolute atomic E-state index is 0.181. The summed E-state index contributed by atoms with van der Waals surface area (Å²) in [5.74, 6) is 0. The Morgan fingerprint density at radius 2 is 1.72 bits per heavy atom. The molecule has 2 rings (SSSR count). The van der Waals surface area contributed by atoms with Crippen LogP contribution < -0.4 is 5.73 Å². The smallest absolute Gasteiger partial charge is 0.0568 e. The van der Waals surface area contributed by atoms with Crippen LogP contribution in [-0.2, 0) is 4.74 Å². The molecule has 1 aliphatic carbocycles. The van der Waals surface area contributed by atoms with Crippen molar-refractivity contribution in [3.63, 3.8) is 0 Å². The monoisotopic (exact) mass is 254 g/mol. The van der Waals surface area contributed by atoms with E-state index >= 15 is 0 Å². The quantitative estimate of drug-likeness (QED) is 0.838. The largest absolute Gasteiger partial charge is 0.375 e. The van der Waals surface area contributed by atoms with E-state index in [0.29, 0.717) is 12.2 Å². The van der Waals surface area contributed by atoms with E-state index in [9.17, 15) is 0 Å². The highest BCUT2D eigenvalue weighted by atomic mass is 16.5. The van der Waals surface area contributed by atoms with Crippen molar-refractivity contribution in [2.75, 3.05) is 13.1 Å². The van der Waals surface area contributed by atoms with E-state index in [1.165, 1.54) is 25.7 Å². The van der Waals surface area contributed by atoms with Crippen molar-refractivity contribution in [2.45, 2.75) is 83.1 Å². The van der Waals surface area contributed by atoms with Crippen LogP contribution >= 0.6 is 0 Å². The Balaban J connectivity index is 2.17. The topological polar surface area (TPSA) is 38.5 Å². The van der Waals surface area contributed by atoms with Crippen molar-refractivity contribution in [2.24, 2.45) is 5.73 Å². The first-order valence-corrected chi connectivity index (χ1v) is 7.73. The SMILES string of the molecule is CCN(C1CCCC1)C1(CN)CC(C)OC(C)C1. The molecule has 1 aliphatic heterocycles. The summed E-state index contributed by atoms with van der Waals surface area (Å²) >= 11 is 0. The molecule has 2 fully saturated rings. The van der Waals surface area contributed by atoms with Crippen molar-refractivity contribution >= 4 is 0 Å². The van der Waals surface area contributed by atoms with Crippen LogP contribution in [-0.4, -0.2) is 41.8 Å². The normalized spacial score (nSPS) is 38.5. The highest BCUT2D eigenvalue weighted by Gasteiger charge is 2.44. The lowest BCUT2D eigenvalue weighted by atomic mass is 9.81. The maximum Gasteiger partial charge on any atom is 0.0568 e. The molecule has 0 radical (unpaired) electrons. The van der Waals surface area contributed by atoms with Gasteiger partial charge in [-0.15, -0.1) is 0 Å². The lowest BCUT2D eigenvalue weighted by Crippen LogP contribution is -2.62. The van der Waals surface area contributed by atoms with Crippen LogP contribution in [0.2, 0.25) is 0 Å². The molecule has 1 heterocycles. The van der Waals surface area contributed by atoms with Crippen molar-refractivity contribution in [3.8, 4) is 0 Å². The van der Waals surface area contributed by atoms with Gasteiger partial charge in [0.2, 0.25) is 0 Å². The Hall–Kier alpha value is -0.120. The van der Waals surface area contributed by atoms with Crippen LogP contribution in [0.5, 0.6) is 0 Å². The fourth-order valence-electron chi connectivity index (χ4n) is 4.36. The van der Waals surface area contributed by atoms with E-state index in [-0.39, 0.29) is 5.54 Å². The summed E-state index contributed by atoms with van der Waals surface area (Å²) < 4.78 is 5.92. The van der Waals surface area contributed by atoms with Crippen LogP contribution in [0, 0.1) is 0 Å². The van der Waals surface area contributed by atoms with Gasteiger partial charge < -0.3 is 10.5 Å². The standard InChI is InChI=1S/C15H30N2O/c1-4-17(14-7-5-6-8-14)15(11-16)9-12(2)18-13(3)10-15/h12-14H,4-11,16H2,1-3H3. The third-order valence-electron chi connectivity index (χ3n) is 4.89. The molecule has 0 aromatic carbocycles. The summed E-state index contributed by atoms with van der Waals surface area (Å²) in [6, 6.07) is 0.760. The fraction of sp³-hybridized carbons (Fsp3) is 1.00. The van der Waals surface area contributed by atoms with Crippen molar-refractivity contribution in [1.29, 1.82) is 0 Å². The number of likely N-dealkylation sites (N-methyl/N-ethyl adjacent to an activating group) is 1. The maximum absolute atomic E-state index is 6.21. The molecule has 0 bridgehead atoms. The third-order valence-corrected chi connectivity index (χ3v) is 4.89. The molecule has 106 valence electrons. The number of rotatable bonds is 4. The molecule has 1 saturated heterocycles. The molecule has 1 saturated carbocycles. The number of ether oxygens (including phenoxy) is 1. The number of hydrogen-bond donors (Lipinski definition) is 1. The molecule has 0 aromatic rings. The van der Waals surface area contributed by atoms with Crippen molar-refractivity contribution in [1.82, 2.24) is 4.90 Å². The van der Waals surface area contributed by atoms with Gasteiger partial charge in [0.25, 0.3) is 0 Å². The molecule has 0 spiro atoms. The Bertz CT molecular complexity index is 253. The van der Waals surface area contributed by atoms with Gasteiger partial charge in [-0.25, -0.2) is 0 Å². The van der Waals surface area contributed by atoms with Crippen molar-refractivity contribution in [3.05, 3.63) is 0 Å². The Morgan fingerprint density at radius 3 is 2.17 bits per heavy atom. The maximum atomic E-state index is 6.21. The first kappa shape index (κ1) is 14.3. The Labute approximate surface area is 112 Å². The summed E-state index contributed by atoms with van der Waals surface area (Å²) in [6.07, 6.45) is 8.38. The van der Waals surface area contributed by atoms with Gasteiger partial charge in [-0.05, 0) is 46.1 Å². The van der Waals surface area contributed by atoms with Gasteiger partial charge in [0.15, 0.2) is 0 Å². The number of hydrogen-bond acceptors (Lipinski definition) is 3. The zero-order chi connectivity index (χ0) is 13.2. The van der Waals surface area contributed by atoms with Crippen LogP contribution in [0.4, 0.5) is 0 Å². The second kappa shape index (κ2) is 5.89. The molecule has 2 N–H and O–H groups in total. The summed E-state index contributed by atoms with van der Waals surface area (Å²) in [5, 5.41) is 0. The zero-order valence-corrected chi connectivity index (χ0v) is 12.3. The molecule has 2 unspecified atom stereocenters. The predicted octanol–water partition coefficient (Wildman–Crippen LogP) is 2.54. The Kier molecular flexibility index (Phi) is 4.68. The van der Waals surface area contributed by atoms with E-state index in [0.717, 1.165) is 32.0 Å². The van der Waals surface area contributed by atoms with Crippen LogP contribution in [0.25, 0.3) is 0 Å². The highest BCUT2D eigenvalue weighted by molar-refractivity contribution is 5.00. The van der Waals surface area contributed by atoms with Gasteiger partial charge in [0.1, 0.15) is 0 Å². The second-order valence-electron chi connectivity index (χ2n) is 6.32. The highest BCUT2D eigenvalue weighted by Crippen LogP contribution is 2.38. The van der Waals surface area contributed by atoms with E-state index in [4.69, 9.17) is 10.5 Å². The lowest BCUT2D eigenvalue weighted by Gasteiger charge is -2.51. The molecular formula is C15H30N2O. The summed E-state index contributed by atoms with van der Waals surface area (Å²) in [5.41, 5.74) is 6.39. The minimum Gasteiger partial charge on any atom is -0.375 e. The van der Waals surface area contributed by atoms with Gasteiger partial charge in [-0.3, -0.25) is 4.90 Å². The zero-order valence-electron chi connectivity index (χ0n) is 12.3. The van der Waals surface area contributed by atoms with Gasteiger partial charge in [-0.1, -0.05) is 19.8 Å². The molecule has 0 amide bonds. The number of nitrogens with zero attached hydrogens (tertiary/aromatic N) is 1. The van der Waals surface area contributed by atoms with Crippen LogP contribution in [0.15, 0.2) is 0 Å². The lowest BCUT2D eigenvalue weighted by molar-refractivity contribution is -0.111. The average molecular weight is 254 g/mol. The molecule has 18 heavy (non-hydrogen) atoms. The summed E-state index contributed by atoms with van der Waals surface area (Å²) in [4.78, 5) is 2.72. The summed E-state index contributed by atoms with van der Waals surface area (Å²) in [6.45, 7) is 8.59. The van der Waals surface area contributed by atoms with E-state index in [2.05, 4.69) is 25.7 Å². The van der Waals surface area contributed by atoms with Crippen LogP contribution in [0.3, 0.4) is 0 Å². The minimum atomic E-state index is 0.181. The first-order chi connectivity index (χ1) is 8.61. The van der Waals surface area contributed by atoms with E-state index < -0.39 is 0 Å². The first-order valence-electron chi connectivity index (χ1n) is 7.73. The average Bonchev–Trinajstić information content (AvgIpc) is 2.82. The van der Waals surface area contributed by atoms with Gasteiger partial charge >= 0.3 is 0 Å². The molecule has 2 aliphatic rings. The molecule has 2 atom stereocenters. The van der Waals surface area contributed by atoms with E-state index in [1.807, 2.05) is 0 Å². The molecule has 3 nitrogen and oxygen atoms in total. The van der Waals surface area contributed by atoms with Gasteiger partial charge in [0.05, 0.1) is 12.2 Å². The van der Waals surface area contributed by atoms with Crippen LogP contribution in [0.1, 0.15) is 59.3 Å². The molecular weight excluding hydrogens is 224 g/mol. The summed E-state index contributed by atoms with van der Waals surface area (Å²) in [7, 11) is 0. The molecule has 3 heteroatoms. The second-order valence-corrected chi connectivity index (χ2v) is 6.32. The van der Waals surface area contributed by atoms with Gasteiger partial charge in [0, 0.05) is 18.1 Å². The van der Waals surface area contributed by atoms with Gasteiger partial charge in [-0.2, -0.15) is 0 Å².